The maximum Gasteiger partial charge on any atom is 0.225 e. The fourth-order valence-electron chi connectivity index (χ4n) is 1.18. The quantitative estimate of drug-likeness (QED) is 0.731. The topological polar surface area (TPSA) is 59.6 Å². The van der Waals surface area contributed by atoms with E-state index in [-0.39, 0.29) is 10.7 Å². The van der Waals surface area contributed by atoms with E-state index < -0.39 is 11.6 Å². The van der Waals surface area contributed by atoms with Crippen LogP contribution in [0.15, 0.2) is 18.2 Å². The van der Waals surface area contributed by atoms with Crippen molar-refractivity contribution in [2.45, 2.75) is 0 Å². The van der Waals surface area contributed by atoms with Crippen molar-refractivity contribution in [1.29, 1.82) is 0 Å². The number of nitrogens with one attached hydrogen (secondary N) is 1. The zero-order valence-corrected chi connectivity index (χ0v) is 8.18. The lowest BCUT2D eigenvalue weighted by Crippen LogP contribution is -2.01. The molecule has 2 rings (SSSR count). The SMILES string of the molecule is Nc1n[nH]c(=S)n1-c1ccc(F)c(F)c1. The molecule has 78 valence electrons. The maximum atomic E-state index is 12.9. The van der Waals surface area contributed by atoms with Crippen LogP contribution >= 0.6 is 12.2 Å². The van der Waals surface area contributed by atoms with Gasteiger partial charge in [-0.05, 0) is 24.4 Å². The smallest absolute Gasteiger partial charge is 0.225 e. The van der Waals surface area contributed by atoms with E-state index >= 15 is 0 Å². The predicted molar refractivity (Wildman–Crippen MR) is 53.1 cm³/mol. The Bertz CT molecular complexity index is 560. The molecule has 0 fully saturated rings. The third-order valence-electron chi connectivity index (χ3n) is 1.86. The van der Waals surface area contributed by atoms with Gasteiger partial charge in [-0.25, -0.2) is 13.9 Å². The average Bonchev–Trinajstić information content (AvgIpc) is 2.52. The fourth-order valence-corrected chi connectivity index (χ4v) is 1.43. The van der Waals surface area contributed by atoms with E-state index in [1.54, 1.807) is 0 Å². The van der Waals surface area contributed by atoms with Crippen LogP contribution in [0.1, 0.15) is 0 Å². The zero-order chi connectivity index (χ0) is 11.0. The number of aromatic nitrogens is 3. The first-order valence-electron chi connectivity index (χ1n) is 3.98. The highest BCUT2D eigenvalue weighted by Crippen LogP contribution is 2.15. The lowest BCUT2D eigenvalue weighted by molar-refractivity contribution is 0.508. The number of halogens is 2. The molecule has 0 aliphatic carbocycles. The molecule has 2 aromatic rings. The highest BCUT2D eigenvalue weighted by Gasteiger charge is 2.08. The molecule has 1 aromatic heterocycles. The second-order valence-corrected chi connectivity index (χ2v) is 3.21. The number of nitrogens with zero attached hydrogens (tertiary/aromatic N) is 2. The Kier molecular flexibility index (Phi) is 2.24. The minimum absolute atomic E-state index is 0.0889. The number of anilines is 1. The standard InChI is InChI=1S/C8H6F2N4S/c9-5-2-1-4(3-6(5)10)14-7(11)12-13-8(14)15/h1-3H,(H2,11,12)(H,13,15). The summed E-state index contributed by atoms with van der Waals surface area (Å²) in [6.07, 6.45) is 0. The number of nitrogen functional groups attached to an aromatic ring is 1. The molecule has 1 aromatic carbocycles. The van der Waals surface area contributed by atoms with Crippen LogP contribution in [-0.2, 0) is 0 Å². The van der Waals surface area contributed by atoms with Crippen molar-refractivity contribution in [2.24, 2.45) is 0 Å². The summed E-state index contributed by atoms with van der Waals surface area (Å²) in [6, 6.07) is 3.36. The van der Waals surface area contributed by atoms with Crippen LogP contribution in [0.2, 0.25) is 0 Å². The summed E-state index contributed by atoms with van der Waals surface area (Å²) in [5, 5.41) is 6.10. The summed E-state index contributed by atoms with van der Waals surface area (Å²) in [7, 11) is 0. The van der Waals surface area contributed by atoms with Crippen LogP contribution in [0.3, 0.4) is 0 Å². The minimum Gasteiger partial charge on any atom is -0.368 e. The van der Waals surface area contributed by atoms with E-state index in [0.29, 0.717) is 5.69 Å². The van der Waals surface area contributed by atoms with Gasteiger partial charge in [0.05, 0.1) is 5.69 Å². The second-order valence-electron chi connectivity index (χ2n) is 2.82. The molecule has 0 bridgehead atoms. The van der Waals surface area contributed by atoms with Crippen LogP contribution in [0.5, 0.6) is 0 Å². The van der Waals surface area contributed by atoms with Gasteiger partial charge in [0, 0.05) is 6.07 Å². The summed E-state index contributed by atoms with van der Waals surface area (Å²) in [5.74, 6) is -1.80. The van der Waals surface area contributed by atoms with Crippen LogP contribution in [0.4, 0.5) is 14.7 Å². The van der Waals surface area contributed by atoms with Gasteiger partial charge >= 0.3 is 0 Å². The molecule has 0 aliphatic rings. The third-order valence-corrected chi connectivity index (χ3v) is 2.13. The maximum absolute atomic E-state index is 12.9. The number of hydrogen-bond acceptors (Lipinski definition) is 3. The zero-order valence-electron chi connectivity index (χ0n) is 7.37. The second kappa shape index (κ2) is 3.43. The summed E-state index contributed by atoms with van der Waals surface area (Å²) in [5.41, 5.74) is 5.82. The number of aromatic amines is 1. The minimum atomic E-state index is -0.963. The monoisotopic (exact) mass is 228 g/mol. The molecular weight excluding hydrogens is 222 g/mol. The summed E-state index contributed by atoms with van der Waals surface area (Å²) in [4.78, 5) is 0. The van der Waals surface area contributed by atoms with Gasteiger partial charge in [-0.3, -0.25) is 4.57 Å². The highest BCUT2D eigenvalue weighted by atomic mass is 32.1. The lowest BCUT2D eigenvalue weighted by atomic mass is 10.3. The molecule has 0 saturated carbocycles. The first kappa shape index (κ1) is 9.78. The van der Waals surface area contributed by atoms with Gasteiger partial charge in [0.25, 0.3) is 0 Å². The van der Waals surface area contributed by atoms with Gasteiger partial charge in [0.1, 0.15) is 0 Å². The normalized spacial score (nSPS) is 10.5. The summed E-state index contributed by atoms with van der Waals surface area (Å²) < 4.78 is 27.1. The molecule has 0 aliphatic heterocycles. The number of H-pyrrole nitrogens is 1. The molecule has 0 spiro atoms. The number of rotatable bonds is 1. The van der Waals surface area contributed by atoms with E-state index in [1.165, 1.54) is 10.6 Å². The Hall–Kier alpha value is -1.76. The molecule has 3 N–H and O–H groups in total. The molecule has 4 nitrogen and oxygen atoms in total. The van der Waals surface area contributed by atoms with Crippen molar-refractivity contribution in [3.63, 3.8) is 0 Å². The molecule has 0 saturated heterocycles. The Morgan fingerprint density at radius 1 is 1.33 bits per heavy atom. The van der Waals surface area contributed by atoms with E-state index in [9.17, 15) is 8.78 Å². The molecule has 1 heterocycles. The Morgan fingerprint density at radius 3 is 2.60 bits per heavy atom. The van der Waals surface area contributed by atoms with Crippen molar-refractivity contribution >= 4 is 18.2 Å². The molecule has 0 amide bonds. The predicted octanol–water partition coefficient (Wildman–Crippen LogP) is 1.79. The van der Waals surface area contributed by atoms with E-state index in [0.717, 1.165) is 12.1 Å². The summed E-state index contributed by atoms with van der Waals surface area (Å²) in [6.45, 7) is 0. The van der Waals surface area contributed by atoms with E-state index in [4.69, 9.17) is 18.0 Å². The molecular formula is C8H6F2N4S. The highest BCUT2D eigenvalue weighted by molar-refractivity contribution is 7.71. The van der Waals surface area contributed by atoms with Crippen molar-refractivity contribution in [3.05, 3.63) is 34.6 Å². The first-order chi connectivity index (χ1) is 7.09. The van der Waals surface area contributed by atoms with Crippen LogP contribution in [-0.4, -0.2) is 14.8 Å². The largest absolute Gasteiger partial charge is 0.368 e. The molecule has 0 radical (unpaired) electrons. The van der Waals surface area contributed by atoms with Crippen molar-refractivity contribution in [1.82, 2.24) is 14.8 Å². The van der Waals surface area contributed by atoms with E-state index in [2.05, 4.69) is 10.2 Å². The van der Waals surface area contributed by atoms with Crippen molar-refractivity contribution < 1.29 is 8.78 Å². The van der Waals surface area contributed by atoms with Crippen LogP contribution in [0, 0.1) is 16.4 Å². The Labute approximate surface area is 88.3 Å². The number of benzene rings is 1. The van der Waals surface area contributed by atoms with Gasteiger partial charge in [0.2, 0.25) is 10.7 Å². The van der Waals surface area contributed by atoms with Gasteiger partial charge in [-0.15, -0.1) is 5.10 Å². The van der Waals surface area contributed by atoms with Gasteiger partial charge in [0.15, 0.2) is 11.6 Å². The lowest BCUT2D eigenvalue weighted by Gasteiger charge is -2.03. The first-order valence-corrected chi connectivity index (χ1v) is 4.39. The average molecular weight is 228 g/mol. The van der Waals surface area contributed by atoms with Crippen molar-refractivity contribution in [3.8, 4) is 5.69 Å². The number of nitrogens with two attached hydrogens (primary N) is 1. The Balaban J connectivity index is 2.65. The number of hydrogen-bond donors (Lipinski definition) is 2. The van der Waals surface area contributed by atoms with Crippen LogP contribution in [0.25, 0.3) is 5.69 Å². The van der Waals surface area contributed by atoms with Gasteiger partial charge in [-0.1, -0.05) is 0 Å². The van der Waals surface area contributed by atoms with E-state index in [1.807, 2.05) is 0 Å². The Morgan fingerprint density at radius 2 is 2.07 bits per heavy atom. The summed E-state index contributed by atoms with van der Waals surface area (Å²) >= 11 is 4.88. The molecule has 0 unspecified atom stereocenters. The molecule has 7 heteroatoms. The van der Waals surface area contributed by atoms with Crippen LogP contribution < -0.4 is 5.73 Å². The molecule has 0 atom stereocenters. The molecule has 15 heavy (non-hydrogen) atoms. The van der Waals surface area contributed by atoms with Crippen molar-refractivity contribution in [2.75, 3.05) is 5.73 Å². The van der Waals surface area contributed by atoms with Gasteiger partial charge < -0.3 is 5.73 Å². The van der Waals surface area contributed by atoms with Gasteiger partial charge in [-0.2, -0.15) is 0 Å². The fraction of sp³-hybridized carbons (Fsp3) is 0. The third kappa shape index (κ3) is 1.61.